The van der Waals surface area contributed by atoms with Gasteiger partial charge in [-0.15, -0.1) is 0 Å². The third kappa shape index (κ3) is 12.4. The summed E-state index contributed by atoms with van der Waals surface area (Å²) in [6.45, 7) is 1.18. The lowest BCUT2D eigenvalue weighted by Crippen LogP contribution is -2.55. The van der Waals surface area contributed by atoms with Crippen molar-refractivity contribution < 1.29 is 34.8 Å². The van der Waals surface area contributed by atoms with Gasteiger partial charge in [-0.25, -0.2) is 0 Å². The second-order valence-corrected chi connectivity index (χ2v) is 9.91. The van der Waals surface area contributed by atoms with Crippen LogP contribution >= 0.6 is 0 Å². The average Bonchev–Trinajstić information content (AvgIpc) is 2.93. The fourth-order valence-electron chi connectivity index (χ4n) is 4.20. The van der Waals surface area contributed by atoms with Gasteiger partial charge in [-0.2, -0.15) is 0 Å². The van der Waals surface area contributed by atoms with Gasteiger partial charge in [0, 0.05) is 6.42 Å². The van der Waals surface area contributed by atoms with Gasteiger partial charge in [0.25, 0.3) is 0 Å². The zero-order valence-electron chi connectivity index (χ0n) is 23.2. The molecule has 0 fully saturated rings. The van der Waals surface area contributed by atoms with E-state index in [0.29, 0.717) is 12.0 Å². The van der Waals surface area contributed by atoms with E-state index < -0.39 is 29.9 Å². The highest BCUT2D eigenvalue weighted by Crippen LogP contribution is 2.27. The molecule has 0 spiro atoms. The van der Waals surface area contributed by atoms with Crippen molar-refractivity contribution in [3.05, 3.63) is 42.0 Å². The lowest BCUT2D eigenvalue weighted by Gasteiger charge is -2.28. The first-order valence-corrected chi connectivity index (χ1v) is 14.1. The molecule has 214 valence electrons. The molecule has 2 unspecified atom stereocenters. The molecular weight excluding hydrogens is 484 g/mol. The van der Waals surface area contributed by atoms with Gasteiger partial charge < -0.3 is 25.2 Å². The van der Waals surface area contributed by atoms with Crippen molar-refractivity contribution in [2.45, 2.75) is 109 Å². The molecule has 2 atom stereocenters. The van der Waals surface area contributed by atoms with Gasteiger partial charge in [-0.05, 0) is 55.9 Å². The molecule has 1 rings (SSSR count). The van der Waals surface area contributed by atoms with Crippen molar-refractivity contribution >= 4 is 17.6 Å². The van der Waals surface area contributed by atoms with E-state index in [1.807, 2.05) is 0 Å². The number of aliphatic hydroxyl groups excluding tert-OH is 2. The van der Waals surface area contributed by atoms with E-state index in [9.17, 15) is 30.0 Å². The maximum Gasteiger partial charge on any atom is 0.187 e. The van der Waals surface area contributed by atoms with Crippen molar-refractivity contribution in [2.24, 2.45) is 0 Å². The number of aromatic hydroxyl groups is 1. The van der Waals surface area contributed by atoms with Gasteiger partial charge in [0.1, 0.15) is 0 Å². The molecule has 7 heteroatoms. The van der Waals surface area contributed by atoms with Crippen molar-refractivity contribution in [2.75, 3.05) is 13.7 Å². The topological polar surface area (TPSA) is 124 Å². The third-order valence-corrected chi connectivity index (χ3v) is 6.76. The van der Waals surface area contributed by atoms with Crippen molar-refractivity contribution in [1.82, 2.24) is 0 Å². The highest BCUT2D eigenvalue weighted by molar-refractivity contribution is 6.03. The van der Waals surface area contributed by atoms with Crippen LogP contribution in [0.2, 0.25) is 0 Å². The number of unbranched alkanes of at least 4 members (excludes halogenated alkanes) is 11. The Labute approximate surface area is 228 Å². The molecule has 7 nitrogen and oxygen atoms in total. The lowest BCUT2D eigenvalue weighted by molar-refractivity contribution is -0.163. The average molecular weight is 533 g/mol. The standard InChI is InChI=1S/C31H48O7/c1-3-4-5-6-7-8-9-10-11-12-13-14-15-16-17-18-29(35)31(37,24-32)30(36)27(34)22-20-25-19-21-26(33)28(23-25)38-2/h10-11,19-23,30,32-33,36-37H,3-9,12-18,24H2,1-2H3/b11-10-,22-20+. The number of methoxy groups -OCH3 is 1. The maximum atomic E-state index is 12.6. The molecule has 0 heterocycles. The van der Waals surface area contributed by atoms with E-state index >= 15 is 0 Å². The fourth-order valence-corrected chi connectivity index (χ4v) is 4.20. The molecular formula is C31H48O7. The Balaban J connectivity index is 2.32. The molecule has 0 radical (unpaired) electrons. The van der Waals surface area contributed by atoms with E-state index in [2.05, 4.69) is 19.1 Å². The predicted octanol–water partition coefficient (Wildman–Crippen LogP) is 5.67. The number of rotatable bonds is 22. The van der Waals surface area contributed by atoms with Gasteiger partial charge in [0.15, 0.2) is 34.8 Å². The van der Waals surface area contributed by atoms with Gasteiger partial charge in [0.05, 0.1) is 13.7 Å². The second-order valence-electron chi connectivity index (χ2n) is 9.91. The number of hydrogen-bond donors (Lipinski definition) is 4. The molecule has 0 saturated carbocycles. The Morgan fingerprint density at radius 2 is 1.53 bits per heavy atom. The number of hydrogen-bond acceptors (Lipinski definition) is 7. The van der Waals surface area contributed by atoms with Crippen LogP contribution in [0.25, 0.3) is 6.08 Å². The number of allylic oxidation sites excluding steroid dienone is 2. The minimum atomic E-state index is -2.55. The first kappa shape index (κ1) is 33.5. The van der Waals surface area contributed by atoms with Crippen molar-refractivity contribution in [1.29, 1.82) is 0 Å². The summed E-state index contributed by atoms with van der Waals surface area (Å²) in [5, 5.41) is 40.2. The fraction of sp³-hybridized carbons (Fsp3) is 0.613. The first-order valence-electron chi connectivity index (χ1n) is 14.1. The molecule has 0 aliphatic rings. The summed E-state index contributed by atoms with van der Waals surface area (Å²) < 4.78 is 5.01. The zero-order valence-corrected chi connectivity index (χ0v) is 23.2. The Hall–Kier alpha value is -2.48. The van der Waals surface area contributed by atoms with Crippen LogP contribution in [0.5, 0.6) is 11.5 Å². The van der Waals surface area contributed by atoms with E-state index in [1.165, 1.54) is 69.9 Å². The van der Waals surface area contributed by atoms with E-state index in [4.69, 9.17) is 4.74 Å². The molecule has 0 bridgehead atoms. The highest BCUT2D eigenvalue weighted by atomic mass is 16.5. The second kappa shape index (κ2) is 19.6. The van der Waals surface area contributed by atoms with Crippen LogP contribution in [0, 0.1) is 0 Å². The van der Waals surface area contributed by atoms with Gasteiger partial charge >= 0.3 is 0 Å². The molecule has 1 aromatic carbocycles. The highest BCUT2D eigenvalue weighted by Gasteiger charge is 2.44. The number of benzene rings is 1. The molecule has 1 aromatic rings. The Kier molecular flexibility index (Phi) is 17.3. The minimum absolute atomic E-state index is 0.0293. The van der Waals surface area contributed by atoms with Crippen LogP contribution < -0.4 is 4.74 Å². The Morgan fingerprint density at radius 1 is 0.947 bits per heavy atom. The lowest BCUT2D eigenvalue weighted by atomic mass is 9.87. The van der Waals surface area contributed by atoms with Crippen LogP contribution in [0.15, 0.2) is 36.4 Å². The first-order chi connectivity index (χ1) is 18.3. The van der Waals surface area contributed by atoms with Crippen molar-refractivity contribution in [3.8, 4) is 11.5 Å². The van der Waals surface area contributed by atoms with Crippen molar-refractivity contribution in [3.63, 3.8) is 0 Å². The number of ketones is 2. The third-order valence-electron chi connectivity index (χ3n) is 6.76. The maximum absolute atomic E-state index is 12.6. The number of phenolic OH excluding ortho intramolecular Hbond substituents is 1. The van der Waals surface area contributed by atoms with Crippen LogP contribution in [-0.4, -0.2) is 57.4 Å². The van der Waals surface area contributed by atoms with Crippen LogP contribution in [-0.2, 0) is 9.59 Å². The summed E-state index contributed by atoms with van der Waals surface area (Å²) in [5.41, 5.74) is -2.04. The minimum Gasteiger partial charge on any atom is -0.504 e. The molecule has 0 aliphatic carbocycles. The SMILES string of the molecule is CCCCCCCC/C=C\CCCCCCCC(=O)C(O)(CO)C(O)C(=O)/C=C/c1ccc(O)c(OC)c1. The zero-order chi connectivity index (χ0) is 28.2. The molecule has 0 saturated heterocycles. The normalized spacial score (nSPS) is 14.1. The summed E-state index contributed by atoms with van der Waals surface area (Å²) in [6, 6.07) is 4.41. The molecule has 4 N–H and O–H groups in total. The number of phenols is 1. The molecule has 0 amide bonds. The van der Waals surface area contributed by atoms with E-state index in [-0.39, 0.29) is 17.9 Å². The Bertz CT molecular complexity index is 877. The summed E-state index contributed by atoms with van der Waals surface area (Å²) in [7, 11) is 1.39. The van der Waals surface area contributed by atoms with Crippen LogP contribution in [0.3, 0.4) is 0 Å². The smallest absolute Gasteiger partial charge is 0.187 e. The number of carbonyl (C=O) groups is 2. The van der Waals surface area contributed by atoms with Gasteiger partial charge in [-0.3, -0.25) is 9.59 Å². The quantitative estimate of drug-likeness (QED) is 0.0861. The molecule has 0 aromatic heterocycles. The summed E-state index contributed by atoms with van der Waals surface area (Å²) in [4.78, 5) is 25.0. The van der Waals surface area contributed by atoms with Crippen LogP contribution in [0.1, 0.15) is 102 Å². The van der Waals surface area contributed by atoms with Gasteiger partial charge in [0.2, 0.25) is 0 Å². The molecule has 38 heavy (non-hydrogen) atoms. The predicted molar refractivity (Wildman–Crippen MR) is 151 cm³/mol. The Morgan fingerprint density at radius 3 is 2.11 bits per heavy atom. The number of carbonyl (C=O) groups excluding carboxylic acids is 2. The summed E-state index contributed by atoms with van der Waals surface area (Å²) >= 11 is 0. The van der Waals surface area contributed by atoms with E-state index in [0.717, 1.165) is 44.6 Å². The van der Waals surface area contributed by atoms with Crippen LogP contribution in [0.4, 0.5) is 0 Å². The van der Waals surface area contributed by atoms with Gasteiger partial charge in [-0.1, -0.05) is 82.6 Å². The number of ether oxygens (including phenoxy) is 1. The number of aliphatic hydroxyl groups is 3. The summed E-state index contributed by atoms with van der Waals surface area (Å²) in [6.07, 6.45) is 19.3. The largest absolute Gasteiger partial charge is 0.504 e. The van der Waals surface area contributed by atoms with E-state index in [1.54, 1.807) is 0 Å². The number of Topliss-reactive ketones (excluding diaryl/α,β-unsaturated/α-hetero) is 1. The molecule has 0 aliphatic heterocycles. The summed E-state index contributed by atoms with van der Waals surface area (Å²) in [5.74, 6) is -1.52. The monoisotopic (exact) mass is 532 g/mol.